The number of rotatable bonds is 7. The Balaban J connectivity index is 2.48. The van der Waals surface area contributed by atoms with Crippen molar-refractivity contribution in [3.8, 4) is 0 Å². The molecule has 0 spiro atoms. The highest BCUT2D eigenvalue weighted by molar-refractivity contribution is 5.99. The Kier molecular flexibility index (Phi) is 6.06. The molecule has 0 fully saturated rings. The number of hydrogen-bond donors (Lipinski definition) is 0. The van der Waals surface area contributed by atoms with Crippen molar-refractivity contribution < 1.29 is 9.53 Å². The summed E-state index contributed by atoms with van der Waals surface area (Å²) in [6, 6.07) is 7.65. The Hall–Kier alpha value is -1.15. The smallest absolute Gasteiger partial charge is 0.191 e. The molecule has 1 aromatic carbocycles. The van der Waals surface area contributed by atoms with Crippen LogP contribution in [0.15, 0.2) is 24.3 Å². The number of benzene rings is 1. The molecule has 2 unspecified atom stereocenters. The molecule has 2 atom stereocenters. The number of hydrogen-bond acceptors (Lipinski definition) is 2. The van der Waals surface area contributed by atoms with E-state index in [0.717, 1.165) is 24.0 Å². The quantitative estimate of drug-likeness (QED) is 0.681. The zero-order valence-electron chi connectivity index (χ0n) is 11.9. The molecule has 0 aliphatic rings. The zero-order chi connectivity index (χ0) is 13.5. The van der Waals surface area contributed by atoms with Crippen LogP contribution in [0.4, 0.5) is 0 Å². The maximum absolute atomic E-state index is 12.1. The first kappa shape index (κ1) is 14.9. The molecule has 0 heterocycles. The molecule has 0 amide bonds. The highest BCUT2D eigenvalue weighted by Gasteiger charge is 2.16. The van der Waals surface area contributed by atoms with Crippen molar-refractivity contribution in [1.29, 1.82) is 0 Å². The first-order valence-electron chi connectivity index (χ1n) is 6.77. The highest BCUT2D eigenvalue weighted by atomic mass is 16.5. The van der Waals surface area contributed by atoms with Gasteiger partial charge in [-0.05, 0) is 26.2 Å². The van der Waals surface area contributed by atoms with Crippen LogP contribution in [0, 0.1) is 12.8 Å². The SMILES string of the molecule is CCCC(C)COC(C)C(=O)c1ccc(C)cc1. The summed E-state index contributed by atoms with van der Waals surface area (Å²) in [6.45, 7) is 8.83. The Labute approximate surface area is 110 Å². The Morgan fingerprint density at radius 3 is 2.39 bits per heavy atom. The van der Waals surface area contributed by atoms with Crippen LogP contribution in [0.2, 0.25) is 0 Å². The molecule has 0 saturated heterocycles. The highest BCUT2D eigenvalue weighted by Crippen LogP contribution is 2.11. The van der Waals surface area contributed by atoms with Gasteiger partial charge in [-0.1, -0.05) is 50.1 Å². The van der Waals surface area contributed by atoms with Gasteiger partial charge in [-0.2, -0.15) is 0 Å². The maximum atomic E-state index is 12.1. The number of aryl methyl sites for hydroxylation is 1. The van der Waals surface area contributed by atoms with Crippen molar-refractivity contribution in [3.05, 3.63) is 35.4 Å². The molecule has 100 valence electrons. The molecule has 0 bridgehead atoms. The molecular formula is C16H24O2. The number of carbonyl (C=O) groups is 1. The third kappa shape index (κ3) is 4.61. The molecule has 1 aromatic rings. The lowest BCUT2D eigenvalue weighted by Crippen LogP contribution is -2.23. The van der Waals surface area contributed by atoms with Crippen LogP contribution in [0.5, 0.6) is 0 Å². The predicted molar refractivity (Wildman–Crippen MR) is 75.0 cm³/mol. The fourth-order valence-corrected chi connectivity index (χ4v) is 1.91. The van der Waals surface area contributed by atoms with E-state index in [9.17, 15) is 4.79 Å². The van der Waals surface area contributed by atoms with Crippen LogP contribution >= 0.6 is 0 Å². The zero-order valence-corrected chi connectivity index (χ0v) is 11.9. The lowest BCUT2D eigenvalue weighted by atomic mass is 10.0. The van der Waals surface area contributed by atoms with Crippen molar-refractivity contribution >= 4 is 5.78 Å². The first-order valence-corrected chi connectivity index (χ1v) is 6.77. The van der Waals surface area contributed by atoms with Crippen molar-refractivity contribution in [2.75, 3.05) is 6.61 Å². The summed E-state index contributed by atoms with van der Waals surface area (Å²) in [7, 11) is 0. The largest absolute Gasteiger partial charge is 0.370 e. The van der Waals surface area contributed by atoms with Crippen molar-refractivity contribution in [1.82, 2.24) is 0 Å². The summed E-state index contributed by atoms with van der Waals surface area (Å²) in [6.07, 6.45) is 1.95. The third-order valence-corrected chi connectivity index (χ3v) is 3.12. The van der Waals surface area contributed by atoms with Gasteiger partial charge in [0.25, 0.3) is 0 Å². The number of ether oxygens (including phenoxy) is 1. The molecule has 0 N–H and O–H groups in total. The van der Waals surface area contributed by atoms with Crippen LogP contribution in [-0.2, 0) is 4.74 Å². The maximum Gasteiger partial charge on any atom is 0.191 e. The van der Waals surface area contributed by atoms with E-state index in [-0.39, 0.29) is 11.9 Å². The van der Waals surface area contributed by atoms with E-state index in [4.69, 9.17) is 4.74 Å². The first-order chi connectivity index (χ1) is 8.54. The van der Waals surface area contributed by atoms with Crippen LogP contribution in [0.25, 0.3) is 0 Å². The van der Waals surface area contributed by atoms with Crippen LogP contribution in [0.3, 0.4) is 0 Å². The topological polar surface area (TPSA) is 26.3 Å². The molecule has 2 heteroatoms. The minimum atomic E-state index is -0.355. The van der Waals surface area contributed by atoms with Crippen LogP contribution < -0.4 is 0 Å². The third-order valence-electron chi connectivity index (χ3n) is 3.12. The van der Waals surface area contributed by atoms with Gasteiger partial charge in [-0.3, -0.25) is 4.79 Å². The molecule has 1 rings (SSSR count). The summed E-state index contributed by atoms with van der Waals surface area (Å²) >= 11 is 0. The Morgan fingerprint density at radius 1 is 1.22 bits per heavy atom. The standard InChI is InChI=1S/C16H24O2/c1-5-6-13(3)11-18-14(4)16(17)15-9-7-12(2)8-10-15/h7-10,13-14H,5-6,11H2,1-4H3. The van der Waals surface area contributed by atoms with Gasteiger partial charge < -0.3 is 4.74 Å². The molecule has 0 aliphatic carbocycles. The summed E-state index contributed by atoms with van der Waals surface area (Å²) < 4.78 is 5.65. The predicted octanol–water partition coefficient (Wildman–Crippen LogP) is 4.02. The number of Topliss-reactive ketones (excluding diaryl/α,β-unsaturated/α-hetero) is 1. The number of carbonyl (C=O) groups excluding carboxylic acids is 1. The normalized spacial score (nSPS) is 14.2. The molecule has 2 nitrogen and oxygen atoms in total. The van der Waals surface area contributed by atoms with E-state index >= 15 is 0 Å². The average molecular weight is 248 g/mol. The second-order valence-corrected chi connectivity index (χ2v) is 5.10. The monoisotopic (exact) mass is 248 g/mol. The van der Waals surface area contributed by atoms with Crippen molar-refractivity contribution in [2.45, 2.75) is 46.6 Å². The fraction of sp³-hybridized carbons (Fsp3) is 0.562. The summed E-state index contributed by atoms with van der Waals surface area (Å²) in [5.41, 5.74) is 1.90. The molecule has 0 saturated carbocycles. The van der Waals surface area contributed by atoms with E-state index in [0.29, 0.717) is 12.5 Å². The van der Waals surface area contributed by atoms with Gasteiger partial charge in [-0.15, -0.1) is 0 Å². The molecular weight excluding hydrogens is 224 g/mol. The lowest BCUT2D eigenvalue weighted by Gasteiger charge is -2.16. The van der Waals surface area contributed by atoms with E-state index in [2.05, 4.69) is 13.8 Å². The molecule has 0 aromatic heterocycles. The van der Waals surface area contributed by atoms with E-state index in [1.54, 1.807) is 0 Å². The Bertz CT molecular complexity index is 367. The second-order valence-electron chi connectivity index (χ2n) is 5.10. The second kappa shape index (κ2) is 7.32. The average Bonchev–Trinajstić information content (AvgIpc) is 2.36. The Morgan fingerprint density at radius 2 is 1.83 bits per heavy atom. The van der Waals surface area contributed by atoms with Gasteiger partial charge in [0.2, 0.25) is 0 Å². The van der Waals surface area contributed by atoms with Gasteiger partial charge in [0.05, 0.1) is 6.61 Å². The van der Waals surface area contributed by atoms with E-state index < -0.39 is 0 Å². The minimum absolute atomic E-state index is 0.0682. The van der Waals surface area contributed by atoms with Crippen molar-refractivity contribution in [2.24, 2.45) is 5.92 Å². The number of ketones is 1. The van der Waals surface area contributed by atoms with Gasteiger partial charge >= 0.3 is 0 Å². The molecule has 18 heavy (non-hydrogen) atoms. The summed E-state index contributed by atoms with van der Waals surface area (Å²) in [4.78, 5) is 12.1. The van der Waals surface area contributed by atoms with Gasteiger partial charge in [-0.25, -0.2) is 0 Å². The van der Waals surface area contributed by atoms with Crippen molar-refractivity contribution in [3.63, 3.8) is 0 Å². The van der Waals surface area contributed by atoms with Gasteiger partial charge in [0.15, 0.2) is 5.78 Å². The van der Waals surface area contributed by atoms with Gasteiger partial charge in [0, 0.05) is 5.56 Å². The van der Waals surface area contributed by atoms with Gasteiger partial charge in [0.1, 0.15) is 6.10 Å². The van der Waals surface area contributed by atoms with Crippen LogP contribution in [-0.4, -0.2) is 18.5 Å². The lowest BCUT2D eigenvalue weighted by molar-refractivity contribution is 0.0354. The summed E-state index contributed by atoms with van der Waals surface area (Å²) in [5.74, 6) is 0.585. The fourth-order valence-electron chi connectivity index (χ4n) is 1.91. The van der Waals surface area contributed by atoms with E-state index in [1.165, 1.54) is 0 Å². The molecule has 0 aliphatic heterocycles. The molecule has 0 radical (unpaired) electrons. The van der Waals surface area contributed by atoms with Crippen LogP contribution in [0.1, 0.15) is 49.5 Å². The summed E-state index contributed by atoms with van der Waals surface area (Å²) in [5, 5.41) is 0. The minimum Gasteiger partial charge on any atom is -0.370 e. The van der Waals surface area contributed by atoms with E-state index in [1.807, 2.05) is 38.1 Å².